The first-order valence-electron chi connectivity index (χ1n) is 5.08. The number of rotatable bonds is 3. The van der Waals surface area contributed by atoms with E-state index in [0.717, 1.165) is 5.56 Å². The SMILES string of the molecule is Cc1cccnc1NC(=O)c1ccc(CCl)o1. The van der Waals surface area contributed by atoms with Crippen LogP contribution in [0.25, 0.3) is 0 Å². The van der Waals surface area contributed by atoms with E-state index in [-0.39, 0.29) is 17.5 Å². The molecule has 2 heterocycles. The first kappa shape index (κ1) is 11.7. The van der Waals surface area contributed by atoms with Crippen LogP contribution in [0, 0.1) is 6.92 Å². The highest BCUT2D eigenvalue weighted by atomic mass is 35.5. The van der Waals surface area contributed by atoms with Crippen molar-refractivity contribution in [2.24, 2.45) is 0 Å². The summed E-state index contributed by atoms with van der Waals surface area (Å²) in [5.41, 5.74) is 0.893. The fourth-order valence-corrected chi connectivity index (χ4v) is 1.50. The van der Waals surface area contributed by atoms with Crippen molar-refractivity contribution in [3.8, 4) is 0 Å². The van der Waals surface area contributed by atoms with Crippen LogP contribution in [0.15, 0.2) is 34.9 Å². The van der Waals surface area contributed by atoms with Crippen LogP contribution in [-0.2, 0) is 5.88 Å². The predicted molar refractivity (Wildman–Crippen MR) is 65.2 cm³/mol. The second-order valence-electron chi connectivity index (χ2n) is 3.52. The van der Waals surface area contributed by atoms with Gasteiger partial charge in [0.05, 0.1) is 5.88 Å². The van der Waals surface area contributed by atoms with E-state index in [1.165, 1.54) is 0 Å². The lowest BCUT2D eigenvalue weighted by Crippen LogP contribution is -2.12. The van der Waals surface area contributed by atoms with Crippen LogP contribution in [0.5, 0.6) is 0 Å². The molecule has 0 aliphatic heterocycles. The molecule has 88 valence electrons. The van der Waals surface area contributed by atoms with Crippen LogP contribution < -0.4 is 5.32 Å². The van der Waals surface area contributed by atoms with E-state index in [4.69, 9.17) is 16.0 Å². The number of alkyl halides is 1. The lowest BCUT2D eigenvalue weighted by molar-refractivity contribution is 0.0995. The molecule has 0 radical (unpaired) electrons. The van der Waals surface area contributed by atoms with Crippen LogP contribution in [-0.4, -0.2) is 10.9 Å². The number of hydrogen-bond acceptors (Lipinski definition) is 3. The molecule has 0 fully saturated rings. The third-order valence-electron chi connectivity index (χ3n) is 2.26. The van der Waals surface area contributed by atoms with E-state index in [1.54, 1.807) is 18.3 Å². The number of anilines is 1. The van der Waals surface area contributed by atoms with Gasteiger partial charge in [0.25, 0.3) is 5.91 Å². The van der Waals surface area contributed by atoms with Gasteiger partial charge in [0.2, 0.25) is 0 Å². The van der Waals surface area contributed by atoms with Gasteiger partial charge in [-0.3, -0.25) is 4.79 Å². The molecule has 1 amide bonds. The monoisotopic (exact) mass is 250 g/mol. The summed E-state index contributed by atoms with van der Waals surface area (Å²) in [6, 6.07) is 6.94. The Kier molecular flexibility index (Phi) is 3.44. The fourth-order valence-electron chi connectivity index (χ4n) is 1.36. The number of carbonyl (C=O) groups excluding carboxylic acids is 1. The molecule has 0 aliphatic carbocycles. The largest absolute Gasteiger partial charge is 0.455 e. The third-order valence-corrected chi connectivity index (χ3v) is 2.52. The number of halogens is 1. The number of hydrogen-bond donors (Lipinski definition) is 1. The molecule has 0 atom stereocenters. The third kappa shape index (κ3) is 2.65. The predicted octanol–water partition coefficient (Wildman–Crippen LogP) is 2.97. The molecule has 5 heteroatoms. The summed E-state index contributed by atoms with van der Waals surface area (Å²) >= 11 is 5.59. The fraction of sp³-hybridized carbons (Fsp3) is 0.167. The summed E-state index contributed by atoms with van der Waals surface area (Å²) in [6.45, 7) is 1.87. The Morgan fingerprint density at radius 2 is 2.29 bits per heavy atom. The Bertz CT molecular complexity index is 537. The van der Waals surface area contributed by atoms with Crippen LogP contribution >= 0.6 is 11.6 Å². The lowest BCUT2D eigenvalue weighted by Gasteiger charge is -2.04. The van der Waals surface area contributed by atoms with Crippen LogP contribution in [0.1, 0.15) is 21.9 Å². The molecule has 0 aliphatic rings. The number of nitrogens with one attached hydrogen (secondary N) is 1. The number of nitrogens with zero attached hydrogens (tertiary/aromatic N) is 1. The summed E-state index contributed by atoms with van der Waals surface area (Å²) in [6.07, 6.45) is 1.62. The van der Waals surface area contributed by atoms with Crippen molar-refractivity contribution in [1.29, 1.82) is 0 Å². The molecule has 1 N–H and O–H groups in total. The Balaban J connectivity index is 2.14. The zero-order valence-corrected chi connectivity index (χ0v) is 9.99. The van der Waals surface area contributed by atoms with Crippen LogP contribution in [0.2, 0.25) is 0 Å². The molecule has 2 aromatic rings. The van der Waals surface area contributed by atoms with Gasteiger partial charge < -0.3 is 9.73 Å². The van der Waals surface area contributed by atoms with E-state index < -0.39 is 0 Å². The average molecular weight is 251 g/mol. The van der Waals surface area contributed by atoms with Gasteiger partial charge in [-0.15, -0.1) is 11.6 Å². The number of pyridine rings is 1. The van der Waals surface area contributed by atoms with E-state index in [1.807, 2.05) is 19.1 Å². The van der Waals surface area contributed by atoms with Crippen molar-refractivity contribution >= 4 is 23.3 Å². The first-order valence-corrected chi connectivity index (χ1v) is 5.62. The molecular formula is C12H11ClN2O2. The summed E-state index contributed by atoms with van der Waals surface area (Å²) in [7, 11) is 0. The van der Waals surface area contributed by atoms with Crippen LogP contribution in [0.4, 0.5) is 5.82 Å². The second kappa shape index (κ2) is 5.01. The van der Waals surface area contributed by atoms with Crippen molar-refractivity contribution < 1.29 is 9.21 Å². The van der Waals surface area contributed by atoms with Gasteiger partial charge in [0, 0.05) is 6.20 Å². The molecular weight excluding hydrogens is 240 g/mol. The number of amides is 1. The molecule has 2 rings (SSSR count). The maximum atomic E-state index is 11.8. The Morgan fingerprint density at radius 3 is 2.94 bits per heavy atom. The number of furan rings is 1. The summed E-state index contributed by atoms with van der Waals surface area (Å²) in [5, 5.41) is 2.68. The molecule has 17 heavy (non-hydrogen) atoms. The standard InChI is InChI=1S/C12H11ClN2O2/c1-8-3-2-6-14-11(8)15-12(16)10-5-4-9(7-13)17-10/h2-6H,7H2,1H3,(H,14,15,16). The molecule has 4 nitrogen and oxygen atoms in total. The topological polar surface area (TPSA) is 55.1 Å². The van der Waals surface area contributed by atoms with E-state index in [9.17, 15) is 4.79 Å². The molecule has 0 aromatic carbocycles. The Morgan fingerprint density at radius 1 is 1.47 bits per heavy atom. The zero-order chi connectivity index (χ0) is 12.3. The van der Waals surface area contributed by atoms with Gasteiger partial charge in [0.1, 0.15) is 11.6 Å². The Labute approximate surface area is 104 Å². The molecule has 2 aromatic heterocycles. The van der Waals surface area contributed by atoms with Crippen molar-refractivity contribution in [3.05, 3.63) is 47.5 Å². The maximum absolute atomic E-state index is 11.8. The summed E-state index contributed by atoms with van der Waals surface area (Å²) in [5.74, 6) is 1.24. The normalized spacial score (nSPS) is 10.2. The average Bonchev–Trinajstić information content (AvgIpc) is 2.81. The highest BCUT2D eigenvalue weighted by Gasteiger charge is 2.12. The zero-order valence-electron chi connectivity index (χ0n) is 9.24. The number of aromatic nitrogens is 1. The van der Waals surface area contributed by atoms with Gasteiger partial charge in [-0.1, -0.05) is 6.07 Å². The summed E-state index contributed by atoms with van der Waals surface area (Å²) < 4.78 is 5.23. The van der Waals surface area contributed by atoms with Crippen LogP contribution in [0.3, 0.4) is 0 Å². The van der Waals surface area contributed by atoms with Gasteiger partial charge >= 0.3 is 0 Å². The molecule has 0 bridgehead atoms. The van der Waals surface area contributed by atoms with Crippen molar-refractivity contribution in [1.82, 2.24) is 4.98 Å². The first-order chi connectivity index (χ1) is 8.20. The molecule has 0 spiro atoms. The van der Waals surface area contributed by atoms with Crippen molar-refractivity contribution in [3.63, 3.8) is 0 Å². The van der Waals surface area contributed by atoms with Crippen molar-refractivity contribution in [2.75, 3.05) is 5.32 Å². The molecule has 0 saturated carbocycles. The van der Waals surface area contributed by atoms with E-state index >= 15 is 0 Å². The smallest absolute Gasteiger partial charge is 0.292 e. The quantitative estimate of drug-likeness (QED) is 0.852. The minimum absolute atomic E-state index is 0.228. The highest BCUT2D eigenvalue weighted by molar-refractivity contribution is 6.16. The molecule has 0 saturated heterocycles. The lowest BCUT2D eigenvalue weighted by atomic mass is 10.3. The van der Waals surface area contributed by atoms with Crippen molar-refractivity contribution in [2.45, 2.75) is 12.8 Å². The maximum Gasteiger partial charge on any atom is 0.292 e. The minimum Gasteiger partial charge on any atom is -0.455 e. The Hall–Kier alpha value is -1.81. The highest BCUT2D eigenvalue weighted by Crippen LogP contribution is 2.14. The van der Waals surface area contributed by atoms with Gasteiger partial charge in [-0.2, -0.15) is 0 Å². The van der Waals surface area contributed by atoms with Gasteiger partial charge in [-0.25, -0.2) is 4.98 Å². The second-order valence-corrected chi connectivity index (χ2v) is 3.79. The minimum atomic E-state index is -0.330. The summed E-state index contributed by atoms with van der Waals surface area (Å²) in [4.78, 5) is 15.9. The molecule has 0 unspecified atom stereocenters. The van der Waals surface area contributed by atoms with E-state index in [2.05, 4.69) is 10.3 Å². The van der Waals surface area contributed by atoms with Gasteiger partial charge in [-0.05, 0) is 30.7 Å². The number of carbonyl (C=O) groups is 1. The van der Waals surface area contributed by atoms with E-state index in [0.29, 0.717) is 11.6 Å². The number of aryl methyl sites for hydroxylation is 1. The van der Waals surface area contributed by atoms with Gasteiger partial charge in [0.15, 0.2) is 5.76 Å².